The molecule has 0 aliphatic carbocycles. The first-order valence-corrected chi connectivity index (χ1v) is 8.24. The summed E-state index contributed by atoms with van der Waals surface area (Å²) in [4.78, 5) is 12.6. The van der Waals surface area contributed by atoms with E-state index in [2.05, 4.69) is 21.2 Å². The SMILES string of the molecule is Cc1oc(C)c(C(=O)Nc2ccccc2Oc2ccccc2)c1Br. The molecule has 24 heavy (non-hydrogen) atoms. The molecule has 122 valence electrons. The summed E-state index contributed by atoms with van der Waals surface area (Å²) in [7, 11) is 0. The van der Waals surface area contributed by atoms with Crippen molar-refractivity contribution in [2.45, 2.75) is 13.8 Å². The van der Waals surface area contributed by atoms with Gasteiger partial charge in [-0.2, -0.15) is 0 Å². The summed E-state index contributed by atoms with van der Waals surface area (Å²) in [6.07, 6.45) is 0. The van der Waals surface area contributed by atoms with Crippen molar-refractivity contribution in [2.24, 2.45) is 0 Å². The third-order valence-electron chi connectivity index (χ3n) is 3.52. The Morgan fingerprint density at radius 3 is 2.33 bits per heavy atom. The molecule has 1 aromatic heterocycles. The zero-order valence-corrected chi connectivity index (χ0v) is 14.9. The molecule has 1 amide bonds. The van der Waals surface area contributed by atoms with Crippen LogP contribution in [0.1, 0.15) is 21.9 Å². The monoisotopic (exact) mass is 385 g/mol. The normalized spacial score (nSPS) is 10.5. The Morgan fingerprint density at radius 2 is 1.67 bits per heavy atom. The van der Waals surface area contributed by atoms with Crippen molar-refractivity contribution in [2.75, 3.05) is 5.32 Å². The van der Waals surface area contributed by atoms with Gasteiger partial charge in [0.15, 0.2) is 5.75 Å². The van der Waals surface area contributed by atoms with E-state index in [4.69, 9.17) is 9.15 Å². The van der Waals surface area contributed by atoms with Gasteiger partial charge in [-0.05, 0) is 54.0 Å². The van der Waals surface area contributed by atoms with Crippen molar-refractivity contribution in [3.05, 3.63) is 76.2 Å². The van der Waals surface area contributed by atoms with Crippen LogP contribution < -0.4 is 10.1 Å². The molecule has 3 aromatic rings. The number of benzene rings is 2. The number of anilines is 1. The lowest BCUT2D eigenvalue weighted by Gasteiger charge is -2.12. The molecule has 1 N–H and O–H groups in total. The van der Waals surface area contributed by atoms with Crippen LogP contribution in [0.15, 0.2) is 63.5 Å². The zero-order chi connectivity index (χ0) is 17.1. The van der Waals surface area contributed by atoms with E-state index >= 15 is 0 Å². The van der Waals surface area contributed by atoms with Crippen molar-refractivity contribution in [3.8, 4) is 11.5 Å². The minimum Gasteiger partial charge on any atom is -0.465 e. The van der Waals surface area contributed by atoms with Crippen molar-refractivity contribution in [3.63, 3.8) is 0 Å². The summed E-state index contributed by atoms with van der Waals surface area (Å²) in [6.45, 7) is 3.57. The first-order chi connectivity index (χ1) is 11.6. The molecule has 0 fully saturated rings. The molecule has 2 aromatic carbocycles. The van der Waals surface area contributed by atoms with E-state index in [1.165, 1.54) is 0 Å². The van der Waals surface area contributed by atoms with E-state index in [-0.39, 0.29) is 5.91 Å². The molecule has 0 spiro atoms. The Labute approximate surface area is 148 Å². The molecule has 3 rings (SSSR count). The van der Waals surface area contributed by atoms with Crippen LogP contribution in [0.3, 0.4) is 0 Å². The Bertz CT molecular complexity index is 872. The second kappa shape index (κ2) is 6.93. The molecular weight excluding hydrogens is 370 g/mol. The highest BCUT2D eigenvalue weighted by atomic mass is 79.9. The number of amides is 1. The number of furan rings is 1. The van der Waals surface area contributed by atoms with E-state index in [0.717, 1.165) is 0 Å². The van der Waals surface area contributed by atoms with Crippen LogP contribution in [-0.4, -0.2) is 5.91 Å². The average molecular weight is 386 g/mol. The summed E-state index contributed by atoms with van der Waals surface area (Å²) in [5, 5.41) is 2.89. The van der Waals surface area contributed by atoms with Gasteiger partial charge in [-0.25, -0.2) is 0 Å². The Balaban J connectivity index is 1.86. The molecule has 0 radical (unpaired) electrons. The molecule has 0 aliphatic heterocycles. The first kappa shape index (κ1) is 16.3. The minimum atomic E-state index is -0.250. The third kappa shape index (κ3) is 3.36. The lowest BCUT2D eigenvalue weighted by Crippen LogP contribution is -2.13. The minimum absolute atomic E-state index is 0.250. The lowest BCUT2D eigenvalue weighted by atomic mass is 10.2. The maximum absolute atomic E-state index is 12.6. The van der Waals surface area contributed by atoms with Gasteiger partial charge in [0, 0.05) is 0 Å². The maximum atomic E-state index is 12.6. The van der Waals surface area contributed by atoms with Gasteiger partial charge in [-0.15, -0.1) is 0 Å². The fourth-order valence-electron chi connectivity index (χ4n) is 2.37. The van der Waals surface area contributed by atoms with Crippen LogP contribution >= 0.6 is 15.9 Å². The van der Waals surface area contributed by atoms with Gasteiger partial charge in [-0.1, -0.05) is 30.3 Å². The molecule has 0 atom stereocenters. The van der Waals surface area contributed by atoms with E-state index in [0.29, 0.717) is 38.7 Å². The Hall–Kier alpha value is -2.53. The van der Waals surface area contributed by atoms with Gasteiger partial charge in [-0.3, -0.25) is 4.79 Å². The predicted octanol–water partition coefficient (Wildman–Crippen LogP) is 5.70. The molecule has 0 saturated heterocycles. The smallest absolute Gasteiger partial charge is 0.260 e. The molecule has 0 aliphatic rings. The van der Waals surface area contributed by atoms with Crippen LogP contribution in [0.25, 0.3) is 0 Å². The van der Waals surface area contributed by atoms with Crippen LogP contribution in [0, 0.1) is 13.8 Å². The summed E-state index contributed by atoms with van der Waals surface area (Å²) < 4.78 is 12.0. The van der Waals surface area contributed by atoms with E-state index in [1.807, 2.05) is 48.5 Å². The van der Waals surface area contributed by atoms with E-state index in [9.17, 15) is 4.79 Å². The van der Waals surface area contributed by atoms with Crippen molar-refractivity contribution >= 4 is 27.5 Å². The Morgan fingerprint density at radius 1 is 1.00 bits per heavy atom. The average Bonchev–Trinajstić information content (AvgIpc) is 2.83. The number of aryl methyl sites for hydroxylation is 2. The summed E-state index contributed by atoms with van der Waals surface area (Å²) >= 11 is 3.40. The lowest BCUT2D eigenvalue weighted by molar-refractivity contribution is 0.102. The summed E-state index contributed by atoms with van der Waals surface area (Å²) in [5.41, 5.74) is 1.08. The van der Waals surface area contributed by atoms with Crippen molar-refractivity contribution < 1.29 is 13.9 Å². The van der Waals surface area contributed by atoms with Crippen molar-refractivity contribution in [1.29, 1.82) is 0 Å². The quantitative estimate of drug-likeness (QED) is 0.626. The highest BCUT2D eigenvalue weighted by Gasteiger charge is 2.20. The molecule has 0 saturated carbocycles. The Kier molecular flexibility index (Phi) is 4.71. The number of hydrogen-bond acceptors (Lipinski definition) is 3. The largest absolute Gasteiger partial charge is 0.465 e. The zero-order valence-electron chi connectivity index (χ0n) is 13.3. The summed E-state index contributed by atoms with van der Waals surface area (Å²) in [5.74, 6) is 2.27. The second-order valence-corrected chi connectivity index (χ2v) is 6.06. The second-order valence-electron chi connectivity index (χ2n) is 5.27. The number of carbonyl (C=O) groups is 1. The molecule has 0 bridgehead atoms. The number of halogens is 1. The number of para-hydroxylation sites is 3. The van der Waals surface area contributed by atoms with Crippen LogP contribution in [0.4, 0.5) is 5.69 Å². The van der Waals surface area contributed by atoms with Gasteiger partial charge < -0.3 is 14.5 Å². The van der Waals surface area contributed by atoms with E-state index < -0.39 is 0 Å². The number of nitrogens with one attached hydrogen (secondary N) is 1. The van der Waals surface area contributed by atoms with Gasteiger partial charge in [0.25, 0.3) is 5.91 Å². The fourth-order valence-corrected chi connectivity index (χ4v) is 2.92. The van der Waals surface area contributed by atoms with Gasteiger partial charge in [0.1, 0.15) is 17.3 Å². The number of carbonyl (C=O) groups excluding carboxylic acids is 1. The molecule has 5 heteroatoms. The molecular formula is C19H16BrNO3. The number of ether oxygens (including phenoxy) is 1. The standard InChI is InChI=1S/C19H16BrNO3/c1-12-17(18(20)13(2)23-12)19(22)21-15-10-6-7-11-16(15)24-14-8-4-3-5-9-14/h3-11H,1-2H3,(H,21,22). The molecule has 1 heterocycles. The van der Waals surface area contributed by atoms with Gasteiger partial charge in [0.05, 0.1) is 15.7 Å². The molecule has 4 nitrogen and oxygen atoms in total. The van der Waals surface area contributed by atoms with Gasteiger partial charge >= 0.3 is 0 Å². The van der Waals surface area contributed by atoms with Crippen LogP contribution in [0.5, 0.6) is 11.5 Å². The predicted molar refractivity (Wildman–Crippen MR) is 96.8 cm³/mol. The maximum Gasteiger partial charge on any atom is 0.260 e. The van der Waals surface area contributed by atoms with Crippen LogP contribution in [0.2, 0.25) is 0 Å². The van der Waals surface area contributed by atoms with Gasteiger partial charge in [0.2, 0.25) is 0 Å². The number of hydrogen-bond donors (Lipinski definition) is 1. The number of rotatable bonds is 4. The highest BCUT2D eigenvalue weighted by Crippen LogP contribution is 2.32. The highest BCUT2D eigenvalue weighted by molar-refractivity contribution is 9.10. The topological polar surface area (TPSA) is 51.5 Å². The summed E-state index contributed by atoms with van der Waals surface area (Å²) in [6, 6.07) is 16.7. The molecule has 0 unspecified atom stereocenters. The third-order valence-corrected chi connectivity index (χ3v) is 4.48. The first-order valence-electron chi connectivity index (χ1n) is 7.45. The van der Waals surface area contributed by atoms with E-state index in [1.54, 1.807) is 19.9 Å². The van der Waals surface area contributed by atoms with Crippen molar-refractivity contribution in [1.82, 2.24) is 0 Å². The fraction of sp³-hybridized carbons (Fsp3) is 0.105. The van der Waals surface area contributed by atoms with Crippen LogP contribution in [-0.2, 0) is 0 Å².